The molecule has 0 unspecified atom stereocenters. The number of unbranched alkanes of at least 4 members (excludes halogenated alkanes) is 15. The third-order valence-corrected chi connectivity index (χ3v) is 10.2. The molecule has 5 heteroatoms. The molecule has 3 rings (SSSR count). The van der Waals surface area contributed by atoms with Crippen LogP contribution in [0.2, 0.25) is 0 Å². The summed E-state index contributed by atoms with van der Waals surface area (Å²) >= 11 is 0. The van der Waals surface area contributed by atoms with Crippen molar-refractivity contribution in [1.82, 2.24) is 0 Å². The Bertz CT molecular complexity index is 1080. The van der Waals surface area contributed by atoms with Crippen molar-refractivity contribution in [3.63, 3.8) is 0 Å². The second kappa shape index (κ2) is 23.6. The van der Waals surface area contributed by atoms with Crippen molar-refractivity contribution < 1.29 is 18.1 Å². The molecule has 3 aromatic rings. The SMILES string of the molecule is CCCCCCCCc1ccc(OP(=O)(Oc2ccc(CCCCCCCC)cc2)Oc2ccc(CCCCCCCC)cc2)cc1. The van der Waals surface area contributed by atoms with Gasteiger partial charge in [0.15, 0.2) is 0 Å². The van der Waals surface area contributed by atoms with Gasteiger partial charge in [-0.05, 0) is 91.6 Å². The Hall–Kier alpha value is -2.71. The summed E-state index contributed by atoms with van der Waals surface area (Å²) in [6.07, 6.45) is 26.0. The molecule has 0 heterocycles. The quantitative estimate of drug-likeness (QED) is 0.0602. The number of phosphoric ester groups is 1. The summed E-state index contributed by atoms with van der Waals surface area (Å²) in [4.78, 5) is 0. The molecule has 0 fully saturated rings. The Morgan fingerprint density at radius 2 is 0.596 bits per heavy atom. The molecule has 47 heavy (non-hydrogen) atoms. The van der Waals surface area contributed by atoms with Gasteiger partial charge in [0.1, 0.15) is 17.2 Å². The van der Waals surface area contributed by atoms with Crippen LogP contribution in [0.5, 0.6) is 17.2 Å². The highest BCUT2D eigenvalue weighted by Gasteiger charge is 2.33. The van der Waals surface area contributed by atoms with Gasteiger partial charge in [-0.25, -0.2) is 0 Å². The summed E-state index contributed by atoms with van der Waals surface area (Å²) in [5, 5.41) is 0. The highest BCUT2D eigenvalue weighted by atomic mass is 31.2. The van der Waals surface area contributed by atoms with Crippen molar-refractivity contribution in [2.24, 2.45) is 0 Å². The van der Waals surface area contributed by atoms with Gasteiger partial charge in [-0.15, -0.1) is 0 Å². The van der Waals surface area contributed by atoms with Gasteiger partial charge in [-0.1, -0.05) is 153 Å². The van der Waals surface area contributed by atoms with Crippen molar-refractivity contribution in [3.8, 4) is 17.2 Å². The Labute approximate surface area is 287 Å². The fourth-order valence-corrected chi connectivity index (χ4v) is 7.17. The minimum absolute atomic E-state index is 0.472. The van der Waals surface area contributed by atoms with E-state index in [1.807, 2.05) is 36.4 Å². The van der Waals surface area contributed by atoms with Crippen LogP contribution < -0.4 is 13.6 Å². The summed E-state index contributed by atoms with van der Waals surface area (Å²) in [5.41, 5.74) is 3.77. The van der Waals surface area contributed by atoms with E-state index in [0.29, 0.717) is 17.2 Å². The Balaban J connectivity index is 1.62. The zero-order chi connectivity index (χ0) is 33.4. The Kier molecular flexibility index (Phi) is 19.4. The minimum Gasteiger partial charge on any atom is -0.386 e. The molecule has 0 aromatic heterocycles. The lowest BCUT2D eigenvalue weighted by Gasteiger charge is -2.20. The van der Waals surface area contributed by atoms with Crippen LogP contribution >= 0.6 is 7.82 Å². The van der Waals surface area contributed by atoms with Crippen LogP contribution in [0.4, 0.5) is 0 Å². The van der Waals surface area contributed by atoms with Gasteiger partial charge in [0.25, 0.3) is 0 Å². The van der Waals surface area contributed by atoms with Crippen LogP contribution in [0.1, 0.15) is 153 Å². The van der Waals surface area contributed by atoms with Crippen LogP contribution in [0, 0.1) is 0 Å². The van der Waals surface area contributed by atoms with E-state index in [1.165, 1.54) is 132 Å². The van der Waals surface area contributed by atoms with Crippen molar-refractivity contribution in [1.29, 1.82) is 0 Å². The molecule has 0 spiro atoms. The molecule has 0 radical (unpaired) electrons. The van der Waals surface area contributed by atoms with E-state index in [-0.39, 0.29) is 0 Å². The van der Waals surface area contributed by atoms with E-state index in [0.717, 1.165) is 19.3 Å². The van der Waals surface area contributed by atoms with Crippen LogP contribution in [0.25, 0.3) is 0 Å². The first-order valence-electron chi connectivity index (χ1n) is 19.0. The standard InChI is InChI=1S/C42H63O4P/c1-4-7-10-13-16-19-22-37-25-31-40(32-26-37)44-47(43,45-41-33-27-38(28-34-41)23-20-17-14-11-8-5-2)46-42-35-29-39(30-36-42)24-21-18-15-12-9-6-3/h25-36H,4-24H2,1-3H3. The average Bonchev–Trinajstić information content (AvgIpc) is 3.08. The van der Waals surface area contributed by atoms with Crippen molar-refractivity contribution >= 4 is 7.82 Å². The summed E-state index contributed by atoms with van der Waals surface area (Å²) in [7, 11) is -4.04. The highest BCUT2D eigenvalue weighted by molar-refractivity contribution is 7.49. The Morgan fingerprint density at radius 3 is 0.851 bits per heavy atom. The molecule has 0 amide bonds. The number of aryl methyl sites for hydroxylation is 3. The number of hydrogen-bond acceptors (Lipinski definition) is 4. The molecule has 0 aliphatic rings. The van der Waals surface area contributed by atoms with Crippen LogP contribution in [-0.4, -0.2) is 0 Å². The third kappa shape index (κ3) is 16.8. The molecular formula is C42H63O4P. The summed E-state index contributed by atoms with van der Waals surface area (Å²) < 4.78 is 32.3. The molecule has 3 aromatic carbocycles. The fourth-order valence-electron chi connectivity index (χ4n) is 5.92. The van der Waals surface area contributed by atoms with Gasteiger partial charge in [0.2, 0.25) is 0 Å². The fraction of sp³-hybridized carbons (Fsp3) is 0.571. The molecule has 0 saturated carbocycles. The lowest BCUT2D eigenvalue weighted by atomic mass is 10.1. The number of benzene rings is 3. The lowest BCUT2D eigenvalue weighted by molar-refractivity contribution is 0.298. The molecule has 0 aliphatic heterocycles. The van der Waals surface area contributed by atoms with Gasteiger partial charge < -0.3 is 13.6 Å². The molecule has 0 saturated heterocycles. The third-order valence-electron chi connectivity index (χ3n) is 8.88. The maximum atomic E-state index is 14.2. The maximum absolute atomic E-state index is 14.2. The smallest absolute Gasteiger partial charge is 0.386 e. The van der Waals surface area contributed by atoms with Gasteiger partial charge in [-0.2, -0.15) is 4.57 Å². The monoisotopic (exact) mass is 662 g/mol. The first-order valence-corrected chi connectivity index (χ1v) is 20.4. The lowest BCUT2D eigenvalue weighted by Crippen LogP contribution is -2.08. The summed E-state index contributed by atoms with van der Waals surface area (Å²) in [5.74, 6) is 1.42. The van der Waals surface area contributed by atoms with E-state index in [9.17, 15) is 4.57 Å². The van der Waals surface area contributed by atoms with Crippen molar-refractivity contribution in [3.05, 3.63) is 89.5 Å². The second-order valence-electron chi connectivity index (χ2n) is 13.2. The van der Waals surface area contributed by atoms with E-state index in [4.69, 9.17) is 13.6 Å². The number of phosphoric acid groups is 1. The molecule has 4 nitrogen and oxygen atoms in total. The van der Waals surface area contributed by atoms with Gasteiger partial charge >= 0.3 is 7.82 Å². The minimum atomic E-state index is -4.04. The average molecular weight is 663 g/mol. The molecule has 0 N–H and O–H groups in total. The van der Waals surface area contributed by atoms with Crippen LogP contribution in [0.15, 0.2) is 72.8 Å². The predicted octanol–water partition coefficient (Wildman–Crippen LogP) is 14.0. The number of rotatable bonds is 27. The number of hydrogen-bond donors (Lipinski definition) is 0. The summed E-state index contributed by atoms with van der Waals surface area (Å²) in [6, 6.07) is 23.6. The van der Waals surface area contributed by atoms with E-state index in [2.05, 4.69) is 57.2 Å². The zero-order valence-electron chi connectivity index (χ0n) is 29.9. The van der Waals surface area contributed by atoms with Gasteiger partial charge in [-0.3, -0.25) is 0 Å². The molecule has 0 aliphatic carbocycles. The molecule has 0 bridgehead atoms. The first kappa shape index (κ1) is 38.7. The highest BCUT2D eigenvalue weighted by Crippen LogP contribution is 2.50. The van der Waals surface area contributed by atoms with E-state index in [1.54, 1.807) is 0 Å². The first-order chi connectivity index (χ1) is 23.0. The summed E-state index contributed by atoms with van der Waals surface area (Å²) in [6.45, 7) is 6.75. The van der Waals surface area contributed by atoms with Crippen molar-refractivity contribution in [2.75, 3.05) is 0 Å². The van der Waals surface area contributed by atoms with Gasteiger partial charge in [0.05, 0.1) is 0 Å². The van der Waals surface area contributed by atoms with Crippen molar-refractivity contribution in [2.45, 2.75) is 156 Å². The van der Waals surface area contributed by atoms with Crippen LogP contribution in [-0.2, 0) is 23.8 Å². The van der Waals surface area contributed by atoms with Crippen LogP contribution in [0.3, 0.4) is 0 Å². The Morgan fingerprint density at radius 1 is 0.362 bits per heavy atom. The second-order valence-corrected chi connectivity index (χ2v) is 14.6. The molecule has 0 atom stereocenters. The van der Waals surface area contributed by atoms with Gasteiger partial charge in [0, 0.05) is 0 Å². The predicted molar refractivity (Wildman–Crippen MR) is 200 cm³/mol. The zero-order valence-corrected chi connectivity index (χ0v) is 30.8. The normalized spacial score (nSPS) is 11.5. The van der Waals surface area contributed by atoms with E-state index >= 15 is 0 Å². The molecular weight excluding hydrogens is 599 g/mol. The molecule has 260 valence electrons. The van der Waals surface area contributed by atoms with E-state index < -0.39 is 7.82 Å². The largest absolute Gasteiger partial charge is 0.647 e. The topological polar surface area (TPSA) is 44.8 Å². The maximum Gasteiger partial charge on any atom is 0.647 e.